The number of rotatable bonds is 2. The van der Waals surface area contributed by atoms with Gasteiger partial charge < -0.3 is 10.6 Å². The molecule has 1 aliphatic rings. The second-order valence-corrected chi connectivity index (χ2v) is 5.67. The molecule has 2 nitrogen and oxygen atoms in total. The third kappa shape index (κ3) is 2.47. The zero-order valence-corrected chi connectivity index (χ0v) is 11.0. The molecule has 2 N–H and O–H groups in total. The minimum absolute atomic E-state index is 0.441. The summed E-state index contributed by atoms with van der Waals surface area (Å²) in [5, 5.41) is 0.801. The fourth-order valence-electron chi connectivity index (χ4n) is 2.06. The van der Waals surface area contributed by atoms with Gasteiger partial charge in [0.05, 0.1) is 6.04 Å². The molecule has 16 heavy (non-hydrogen) atoms. The molecule has 1 aromatic rings. The summed E-state index contributed by atoms with van der Waals surface area (Å²) in [6.07, 6.45) is 0. The molecule has 1 unspecified atom stereocenters. The highest BCUT2D eigenvalue weighted by molar-refractivity contribution is 7.99. The van der Waals surface area contributed by atoms with E-state index in [0.717, 1.165) is 17.3 Å². The third-order valence-electron chi connectivity index (χ3n) is 2.98. The van der Waals surface area contributed by atoms with Crippen LogP contribution in [0.2, 0.25) is 5.02 Å². The average molecular weight is 257 g/mol. The van der Waals surface area contributed by atoms with Gasteiger partial charge in [-0.05, 0) is 24.6 Å². The molecular formula is C12H17ClN2S. The van der Waals surface area contributed by atoms with E-state index in [1.807, 2.05) is 17.8 Å². The first-order chi connectivity index (χ1) is 7.72. The first-order valence-corrected chi connectivity index (χ1v) is 7.06. The van der Waals surface area contributed by atoms with Gasteiger partial charge in [-0.3, -0.25) is 0 Å². The van der Waals surface area contributed by atoms with Crippen LogP contribution < -0.4 is 10.6 Å². The minimum atomic E-state index is 0.441. The number of nitrogens with zero attached hydrogens (tertiary/aromatic N) is 1. The summed E-state index contributed by atoms with van der Waals surface area (Å²) in [5.41, 5.74) is 8.34. The van der Waals surface area contributed by atoms with Crippen LogP contribution in [0.4, 0.5) is 5.69 Å². The van der Waals surface area contributed by atoms with E-state index in [1.54, 1.807) is 0 Å². The van der Waals surface area contributed by atoms with E-state index in [1.165, 1.54) is 17.0 Å². The number of hydrogen-bond donors (Lipinski definition) is 1. The van der Waals surface area contributed by atoms with Crippen LogP contribution in [0.15, 0.2) is 18.2 Å². The first kappa shape index (κ1) is 12.1. The number of benzene rings is 1. The third-order valence-corrected chi connectivity index (χ3v) is 4.31. The molecule has 0 aliphatic carbocycles. The summed E-state index contributed by atoms with van der Waals surface area (Å²) in [7, 11) is 0. The molecule has 0 aromatic heterocycles. The standard InChI is InChI=1S/C12H17ClN2S/c1-9-2-3-10(13)6-12(9)15-4-5-16-8-11(15)7-14/h2-3,6,11H,4-5,7-8,14H2,1H3. The number of halogens is 1. The summed E-state index contributed by atoms with van der Waals surface area (Å²) in [5.74, 6) is 2.28. The number of hydrogen-bond acceptors (Lipinski definition) is 3. The van der Waals surface area contributed by atoms with Crippen LogP contribution in [0.1, 0.15) is 5.56 Å². The lowest BCUT2D eigenvalue weighted by Gasteiger charge is -2.37. The van der Waals surface area contributed by atoms with Crippen molar-refractivity contribution < 1.29 is 0 Å². The maximum absolute atomic E-state index is 6.06. The first-order valence-electron chi connectivity index (χ1n) is 5.53. The van der Waals surface area contributed by atoms with E-state index in [-0.39, 0.29) is 0 Å². The van der Waals surface area contributed by atoms with E-state index in [0.29, 0.717) is 12.6 Å². The Labute approximate surface area is 106 Å². The lowest BCUT2D eigenvalue weighted by atomic mass is 10.1. The van der Waals surface area contributed by atoms with Crippen molar-refractivity contribution in [2.24, 2.45) is 5.73 Å². The predicted molar refractivity (Wildman–Crippen MR) is 73.7 cm³/mol. The van der Waals surface area contributed by atoms with Gasteiger partial charge in [0.15, 0.2) is 0 Å². The van der Waals surface area contributed by atoms with Crippen molar-refractivity contribution in [1.29, 1.82) is 0 Å². The Hall–Kier alpha value is -0.380. The number of anilines is 1. The van der Waals surface area contributed by atoms with E-state index in [9.17, 15) is 0 Å². The fourth-order valence-corrected chi connectivity index (χ4v) is 3.31. The Morgan fingerprint density at radius 1 is 1.56 bits per heavy atom. The fraction of sp³-hybridized carbons (Fsp3) is 0.500. The predicted octanol–water partition coefficient (Wildman–Crippen LogP) is 2.53. The average Bonchev–Trinajstić information content (AvgIpc) is 2.32. The van der Waals surface area contributed by atoms with Crippen LogP contribution >= 0.6 is 23.4 Å². The van der Waals surface area contributed by atoms with Crippen molar-refractivity contribution in [1.82, 2.24) is 0 Å². The van der Waals surface area contributed by atoms with Crippen molar-refractivity contribution in [3.05, 3.63) is 28.8 Å². The van der Waals surface area contributed by atoms with Crippen molar-refractivity contribution in [3.8, 4) is 0 Å². The zero-order valence-electron chi connectivity index (χ0n) is 9.45. The maximum atomic E-state index is 6.06. The van der Waals surface area contributed by atoms with Crippen LogP contribution in [0.5, 0.6) is 0 Å². The molecule has 1 saturated heterocycles. The minimum Gasteiger partial charge on any atom is -0.365 e. The lowest BCUT2D eigenvalue weighted by Crippen LogP contribution is -2.47. The molecule has 1 heterocycles. The molecule has 0 spiro atoms. The molecular weight excluding hydrogens is 240 g/mol. The largest absolute Gasteiger partial charge is 0.365 e. The molecule has 0 bridgehead atoms. The molecule has 0 amide bonds. The Kier molecular flexibility index (Phi) is 4.00. The van der Waals surface area contributed by atoms with E-state index in [4.69, 9.17) is 17.3 Å². The van der Waals surface area contributed by atoms with Crippen LogP contribution in [-0.4, -0.2) is 30.6 Å². The highest BCUT2D eigenvalue weighted by atomic mass is 35.5. The molecule has 1 aromatic carbocycles. The van der Waals surface area contributed by atoms with Crippen LogP contribution in [0.3, 0.4) is 0 Å². The summed E-state index contributed by atoms with van der Waals surface area (Å²) in [6.45, 7) is 3.90. The highest BCUT2D eigenvalue weighted by Gasteiger charge is 2.22. The van der Waals surface area contributed by atoms with E-state index < -0.39 is 0 Å². The van der Waals surface area contributed by atoms with Gasteiger partial charge in [0, 0.05) is 35.3 Å². The van der Waals surface area contributed by atoms with Crippen LogP contribution in [0, 0.1) is 6.92 Å². The summed E-state index contributed by atoms with van der Waals surface area (Å²) in [6, 6.07) is 6.51. The van der Waals surface area contributed by atoms with Gasteiger partial charge >= 0.3 is 0 Å². The Morgan fingerprint density at radius 2 is 2.38 bits per heavy atom. The van der Waals surface area contributed by atoms with Gasteiger partial charge in [-0.2, -0.15) is 11.8 Å². The highest BCUT2D eigenvalue weighted by Crippen LogP contribution is 2.29. The smallest absolute Gasteiger partial charge is 0.0503 e. The summed E-state index contributed by atoms with van der Waals surface area (Å²) in [4.78, 5) is 2.40. The molecule has 1 atom stereocenters. The summed E-state index contributed by atoms with van der Waals surface area (Å²) < 4.78 is 0. The monoisotopic (exact) mass is 256 g/mol. The number of nitrogens with two attached hydrogens (primary N) is 1. The van der Waals surface area contributed by atoms with E-state index >= 15 is 0 Å². The van der Waals surface area contributed by atoms with Gasteiger partial charge in [-0.25, -0.2) is 0 Å². The van der Waals surface area contributed by atoms with Crippen molar-refractivity contribution in [2.45, 2.75) is 13.0 Å². The van der Waals surface area contributed by atoms with Gasteiger partial charge in [0.2, 0.25) is 0 Å². The Morgan fingerprint density at radius 3 is 3.12 bits per heavy atom. The topological polar surface area (TPSA) is 29.3 Å². The van der Waals surface area contributed by atoms with Crippen LogP contribution in [-0.2, 0) is 0 Å². The van der Waals surface area contributed by atoms with Crippen molar-refractivity contribution in [2.75, 3.05) is 29.5 Å². The lowest BCUT2D eigenvalue weighted by molar-refractivity contribution is 0.653. The Balaban J connectivity index is 2.30. The molecule has 0 radical (unpaired) electrons. The molecule has 88 valence electrons. The molecule has 0 saturated carbocycles. The van der Waals surface area contributed by atoms with Gasteiger partial charge in [0.25, 0.3) is 0 Å². The summed E-state index contributed by atoms with van der Waals surface area (Å²) >= 11 is 8.05. The van der Waals surface area contributed by atoms with Crippen molar-refractivity contribution in [3.63, 3.8) is 0 Å². The maximum Gasteiger partial charge on any atom is 0.0503 e. The van der Waals surface area contributed by atoms with Gasteiger partial charge in [0.1, 0.15) is 0 Å². The second-order valence-electron chi connectivity index (χ2n) is 4.09. The molecule has 4 heteroatoms. The quantitative estimate of drug-likeness (QED) is 0.882. The second kappa shape index (κ2) is 5.30. The molecule has 2 rings (SSSR count). The number of thioether (sulfide) groups is 1. The SMILES string of the molecule is Cc1ccc(Cl)cc1N1CCSCC1CN. The Bertz CT molecular complexity index is 370. The molecule has 1 aliphatic heterocycles. The zero-order chi connectivity index (χ0) is 11.5. The van der Waals surface area contributed by atoms with Crippen LogP contribution in [0.25, 0.3) is 0 Å². The van der Waals surface area contributed by atoms with Gasteiger partial charge in [-0.15, -0.1) is 0 Å². The molecule has 1 fully saturated rings. The normalized spacial score (nSPS) is 21.2. The van der Waals surface area contributed by atoms with E-state index in [2.05, 4.69) is 24.0 Å². The number of aryl methyl sites for hydroxylation is 1. The van der Waals surface area contributed by atoms with Gasteiger partial charge in [-0.1, -0.05) is 17.7 Å². The van der Waals surface area contributed by atoms with Crippen molar-refractivity contribution >= 4 is 29.1 Å².